The highest BCUT2D eigenvalue weighted by molar-refractivity contribution is 5.19. The summed E-state index contributed by atoms with van der Waals surface area (Å²) in [5.74, 6) is 0. The Hall–Kier alpha value is -0.930. The molecule has 2 rings (SSSR count). The van der Waals surface area contributed by atoms with Crippen LogP contribution in [0.4, 0.5) is 0 Å². The summed E-state index contributed by atoms with van der Waals surface area (Å²) in [6.45, 7) is 3.04. The van der Waals surface area contributed by atoms with Crippen molar-refractivity contribution >= 4 is 0 Å². The Morgan fingerprint density at radius 1 is 1.39 bits per heavy atom. The first-order valence-corrected chi connectivity index (χ1v) is 7.04. The maximum atomic E-state index is 5.57. The van der Waals surface area contributed by atoms with Gasteiger partial charge in [-0.3, -0.25) is 4.98 Å². The predicted molar refractivity (Wildman–Crippen MR) is 73.5 cm³/mol. The number of pyridine rings is 1. The smallest absolute Gasteiger partial charge is 0.0724 e. The highest BCUT2D eigenvalue weighted by atomic mass is 16.5. The zero-order valence-corrected chi connectivity index (χ0v) is 11.5. The third-order valence-electron chi connectivity index (χ3n) is 3.90. The molecule has 3 heteroatoms. The summed E-state index contributed by atoms with van der Waals surface area (Å²) < 4.78 is 5.57. The van der Waals surface area contributed by atoms with E-state index in [1.54, 1.807) is 0 Å². The minimum absolute atomic E-state index is 0.368. The van der Waals surface area contributed by atoms with Crippen LogP contribution in [0.15, 0.2) is 18.3 Å². The summed E-state index contributed by atoms with van der Waals surface area (Å²) >= 11 is 0. The van der Waals surface area contributed by atoms with Crippen molar-refractivity contribution in [2.75, 3.05) is 7.11 Å². The first kappa shape index (κ1) is 13.5. The summed E-state index contributed by atoms with van der Waals surface area (Å²) in [7, 11) is 1.82. The van der Waals surface area contributed by atoms with Crippen molar-refractivity contribution in [1.82, 2.24) is 10.3 Å². The van der Waals surface area contributed by atoms with Gasteiger partial charge >= 0.3 is 0 Å². The highest BCUT2D eigenvalue weighted by Crippen LogP contribution is 2.21. The topological polar surface area (TPSA) is 34.2 Å². The van der Waals surface area contributed by atoms with Crippen LogP contribution in [0.5, 0.6) is 0 Å². The van der Waals surface area contributed by atoms with Gasteiger partial charge in [0.05, 0.1) is 11.8 Å². The molecule has 0 aliphatic heterocycles. The van der Waals surface area contributed by atoms with Crippen LogP contribution in [0.2, 0.25) is 0 Å². The van der Waals surface area contributed by atoms with Gasteiger partial charge in [0.1, 0.15) is 0 Å². The van der Waals surface area contributed by atoms with E-state index in [-0.39, 0.29) is 0 Å². The van der Waals surface area contributed by atoms with E-state index in [1.807, 2.05) is 19.4 Å². The molecule has 1 aromatic rings. The van der Waals surface area contributed by atoms with Crippen LogP contribution in [-0.4, -0.2) is 24.2 Å². The van der Waals surface area contributed by atoms with Gasteiger partial charge in [0.15, 0.2) is 0 Å². The van der Waals surface area contributed by atoms with Gasteiger partial charge in [-0.05, 0) is 30.9 Å². The Balaban J connectivity index is 1.93. The van der Waals surface area contributed by atoms with E-state index in [1.165, 1.54) is 36.9 Å². The van der Waals surface area contributed by atoms with E-state index < -0.39 is 0 Å². The van der Waals surface area contributed by atoms with Crippen LogP contribution in [0, 0.1) is 0 Å². The molecule has 1 fully saturated rings. The molecule has 2 unspecified atom stereocenters. The standard InChI is InChI=1S/C15H24N2O/c1-3-12-7-6-10-16-14(12)11-17-13-8-4-5-9-15(13)18-2/h6-7,10,13,15,17H,3-5,8-9,11H2,1-2H3. The number of nitrogens with one attached hydrogen (secondary N) is 1. The van der Waals surface area contributed by atoms with Crippen molar-refractivity contribution in [1.29, 1.82) is 0 Å². The van der Waals surface area contributed by atoms with Crippen molar-refractivity contribution in [3.63, 3.8) is 0 Å². The second-order valence-corrected chi connectivity index (χ2v) is 5.01. The molecule has 3 nitrogen and oxygen atoms in total. The Morgan fingerprint density at radius 3 is 3.00 bits per heavy atom. The third kappa shape index (κ3) is 3.30. The Labute approximate surface area is 110 Å². The number of rotatable bonds is 5. The molecule has 2 atom stereocenters. The third-order valence-corrected chi connectivity index (χ3v) is 3.90. The van der Waals surface area contributed by atoms with Crippen molar-refractivity contribution in [3.05, 3.63) is 29.6 Å². The van der Waals surface area contributed by atoms with Crippen LogP contribution in [0.25, 0.3) is 0 Å². The van der Waals surface area contributed by atoms with Crippen LogP contribution < -0.4 is 5.32 Å². The van der Waals surface area contributed by atoms with Crippen LogP contribution >= 0.6 is 0 Å². The van der Waals surface area contributed by atoms with E-state index in [4.69, 9.17) is 4.74 Å². The quantitative estimate of drug-likeness (QED) is 0.870. The van der Waals surface area contributed by atoms with Crippen molar-refractivity contribution in [2.45, 2.75) is 57.7 Å². The van der Waals surface area contributed by atoms with E-state index in [9.17, 15) is 0 Å². The zero-order chi connectivity index (χ0) is 12.8. The molecule has 1 aliphatic rings. The summed E-state index contributed by atoms with van der Waals surface area (Å²) in [6.07, 6.45) is 8.28. The molecular formula is C15H24N2O. The van der Waals surface area contributed by atoms with Gasteiger partial charge in [0.2, 0.25) is 0 Å². The fourth-order valence-corrected chi connectivity index (χ4v) is 2.79. The van der Waals surface area contributed by atoms with E-state index in [0.29, 0.717) is 12.1 Å². The van der Waals surface area contributed by atoms with Crippen LogP contribution in [0.3, 0.4) is 0 Å². The molecule has 0 bridgehead atoms. The Bertz CT molecular complexity index is 367. The number of aromatic nitrogens is 1. The molecule has 0 saturated heterocycles. The second kappa shape index (κ2) is 6.86. The SMILES string of the molecule is CCc1cccnc1CNC1CCCCC1OC. The van der Waals surface area contributed by atoms with E-state index in [2.05, 4.69) is 23.3 Å². The lowest BCUT2D eigenvalue weighted by molar-refractivity contribution is 0.0411. The maximum Gasteiger partial charge on any atom is 0.0724 e. The predicted octanol–water partition coefficient (Wildman–Crippen LogP) is 2.69. The number of hydrogen-bond donors (Lipinski definition) is 1. The van der Waals surface area contributed by atoms with Gasteiger partial charge in [-0.2, -0.15) is 0 Å². The Morgan fingerprint density at radius 2 is 2.22 bits per heavy atom. The molecule has 0 spiro atoms. The minimum atomic E-state index is 0.368. The van der Waals surface area contributed by atoms with Gasteiger partial charge in [-0.15, -0.1) is 0 Å². The largest absolute Gasteiger partial charge is 0.380 e. The lowest BCUT2D eigenvalue weighted by atomic mass is 9.92. The minimum Gasteiger partial charge on any atom is -0.380 e. The van der Waals surface area contributed by atoms with Gasteiger partial charge in [0.25, 0.3) is 0 Å². The molecule has 0 aromatic carbocycles. The molecule has 1 aromatic heterocycles. The van der Waals surface area contributed by atoms with Gasteiger partial charge < -0.3 is 10.1 Å². The van der Waals surface area contributed by atoms with Gasteiger partial charge in [0, 0.05) is 25.9 Å². The monoisotopic (exact) mass is 248 g/mol. The van der Waals surface area contributed by atoms with Crippen LogP contribution in [0.1, 0.15) is 43.9 Å². The fraction of sp³-hybridized carbons (Fsp3) is 0.667. The lowest BCUT2D eigenvalue weighted by Crippen LogP contribution is -2.42. The summed E-state index contributed by atoms with van der Waals surface area (Å²) in [4.78, 5) is 4.48. The van der Waals surface area contributed by atoms with Crippen molar-refractivity contribution < 1.29 is 4.74 Å². The average Bonchev–Trinajstić information content (AvgIpc) is 2.45. The summed E-state index contributed by atoms with van der Waals surface area (Å²) in [5.41, 5.74) is 2.52. The number of nitrogens with zero attached hydrogens (tertiary/aromatic N) is 1. The molecule has 18 heavy (non-hydrogen) atoms. The maximum absolute atomic E-state index is 5.57. The Kier molecular flexibility index (Phi) is 5.14. The normalized spacial score (nSPS) is 24.1. The molecule has 1 saturated carbocycles. The summed E-state index contributed by atoms with van der Waals surface area (Å²) in [5, 5.41) is 3.63. The molecule has 0 radical (unpaired) electrons. The van der Waals surface area contributed by atoms with Gasteiger partial charge in [-0.1, -0.05) is 25.8 Å². The first-order valence-electron chi connectivity index (χ1n) is 7.04. The molecular weight excluding hydrogens is 224 g/mol. The number of hydrogen-bond acceptors (Lipinski definition) is 3. The molecule has 100 valence electrons. The second-order valence-electron chi connectivity index (χ2n) is 5.01. The lowest BCUT2D eigenvalue weighted by Gasteiger charge is -2.31. The molecule has 1 heterocycles. The number of aryl methyl sites for hydroxylation is 1. The van der Waals surface area contributed by atoms with Crippen molar-refractivity contribution in [2.24, 2.45) is 0 Å². The van der Waals surface area contributed by atoms with E-state index in [0.717, 1.165) is 13.0 Å². The molecule has 0 amide bonds. The zero-order valence-electron chi connectivity index (χ0n) is 11.5. The fourth-order valence-electron chi connectivity index (χ4n) is 2.79. The average molecular weight is 248 g/mol. The van der Waals surface area contributed by atoms with Gasteiger partial charge in [-0.25, -0.2) is 0 Å². The summed E-state index contributed by atoms with van der Waals surface area (Å²) in [6, 6.07) is 4.66. The molecule has 1 aliphatic carbocycles. The molecule has 1 N–H and O–H groups in total. The number of methoxy groups -OCH3 is 1. The highest BCUT2D eigenvalue weighted by Gasteiger charge is 2.24. The van der Waals surface area contributed by atoms with Crippen LogP contribution in [-0.2, 0) is 17.7 Å². The van der Waals surface area contributed by atoms with E-state index >= 15 is 0 Å². The first-order chi connectivity index (χ1) is 8.85. The number of ether oxygens (including phenoxy) is 1. The van der Waals surface area contributed by atoms with Crippen molar-refractivity contribution in [3.8, 4) is 0 Å².